The lowest BCUT2D eigenvalue weighted by atomic mass is 9.87. The predicted molar refractivity (Wildman–Crippen MR) is 74.9 cm³/mol. The molecule has 110 valence electrons. The van der Waals surface area contributed by atoms with Gasteiger partial charge in [-0.15, -0.1) is 0 Å². The highest BCUT2D eigenvalue weighted by Gasteiger charge is 2.46. The summed E-state index contributed by atoms with van der Waals surface area (Å²) in [6.07, 6.45) is 5.54. The molecule has 2 heterocycles. The van der Waals surface area contributed by atoms with Gasteiger partial charge in [0.15, 0.2) is 0 Å². The van der Waals surface area contributed by atoms with Crippen LogP contribution in [0.3, 0.4) is 0 Å². The molecule has 1 aliphatic rings. The second kappa shape index (κ2) is 5.64. The highest BCUT2D eigenvalue weighted by atomic mass is 16.2. The van der Waals surface area contributed by atoms with Crippen LogP contribution in [-0.2, 0) is 23.1 Å². The van der Waals surface area contributed by atoms with E-state index in [4.69, 9.17) is 0 Å². The zero-order valence-corrected chi connectivity index (χ0v) is 12.3. The van der Waals surface area contributed by atoms with E-state index in [9.17, 15) is 9.59 Å². The Bertz CT molecular complexity index is 505. The molecule has 2 amide bonds. The van der Waals surface area contributed by atoms with Crippen molar-refractivity contribution >= 4 is 11.8 Å². The zero-order valence-electron chi connectivity index (χ0n) is 12.3. The van der Waals surface area contributed by atoms with E-state index in [1.807, 2.05) is 31.7 Å². The van der Waals surface area contributed by atoms with E-state index < -0.39 is 5.54 Å². The molecule has 1 aromatic heterocycles. The highest BCUT2D eigenvalue weighted by molar-refractivity contribution is 5.97. The molecule has 0 spiro atoms. The van der Waals surface area contributed by atoms with Gasteiger partial charge in [-0.2, -0.15) is 0 Å². The van der Waals surface area contributed by atoms with Gasteiger partial charge in [0.05, 0.1) is 6.54 Å². The van der Waals surface area contributed by atoms with Gasteiger partial charge in [-0.3, -0.25) is 9.59 Å². The fourth-order valence-electron chi connectivity index (χ4n) is 2.92. The van der Waals surface area contributed by atoms with E-state index in [0.717, 1.165) is 5.82 Å². The van der Waals surface area contributed by atoms with E-state index in [1.54, 1.807) is 11.1 Å². The van der Waals surface area contributed by atoms with Crippen molar-refractivity contribution in [3.05, 3.63) is 18.2 Å². The van der Waals surface area contributed by atoms with Gasteiger partial charge in [0.1, 0.15) is 11.4 Å². The SMILES string of the molecule is CCC1(CC)C(=O)NCC(=O)N1CCc1nccn1C. The van der Waals surface area contributed by atoms with Crippen molar-refractivity contribution in [2.75, 3.05) is 13.1 Å². The summed E-state index contributed by atoms with van der Waals surface area (Å²) in [5.74, 6) is 0.870. The van der Waals surface area contributed by atoms with Gasteiger partial charge in [-0.05, 0) is 12.8 Å². The first-order valence-corrected chi connectivity index (χ1v) is 7.10. The summed E-state index contributed by atoms with van der Waals surface area (Å²) in [4.78, 5) is 30.4. The van der Waals surface area contributed by atoms with Crippen molar-refractivity contribution in [2.24, 2.45) is 7.05 Å². The number of piperazine rings is 1. The topological polar surface area (TPSA) is 67.2 Å². The molecule has 0 aromatic carbocycles. The number of nitrogens with one attached hydrogen (secondary N) is 1. The number of rotatable bonds is 5. The summed E-state index contributed by atoms with van der Waals surface area (Å²) in [6, 6.07) is 0. The number of aryl methyl sites for hydroxylation is 1. The number of hydrogen-bond donors (Lipinski definition) is 1. The minimum Gasteiger partial charge on any atom is -0.345 e. The minimum absolute atomic E-state index is 0.0116. The molecule has 0 unspecified atom stereocenters. The van der Waals surface area contributed by atoms with Crippen molar-refractivity contribution in [3.8, 4) is 0 Å². The van der Waals surface area contributed by atoms with Crippen molar-refractivity contribution < 1.29 is 9.59 Å². The molecule has 0 radical (unpaired) electrons. The molecule has 2 rings (SSSR count). The molecule has 1 aromatic rings. The van der Waals surface area contributed by atoms with Crippen LogP contribution in [0.5, 0.6) is 0 Å². The summed E-state index contributed by atoms with van der Waals surface area (Å²) in [7, 11) is 1.93. The zero-order chi connectivity index (χ0) is 14.8. The van der Waals surface area contributed by atoms with Gasteiger partial charge in [0, 0.05) is 32.4 Å². The normalized spacial score (nSPS) is 18.2. The van der Waals surface area contributed by atoms with E-state index in [0.29, 0.717) is 25.8 Å². The summed E-state index contributed by atoms with van der Waals surface area (Å²) in [5.41, 5.74) is -0.708. The van der Waals surface area contributed by atoms with Gasteiger partial charge in [-0.1, -0.05) is 13.8 Å². The Hall–Kier alpha value is -1.85. The van der Waals surface area contributed by atoms with Crippen molar-refractivity contribution in [1.82, 2.24) is 19.8 Å². The third kappa shape index (κ3) is 2.30. The van der Waals surface area contributed by atoms with Gasteiger partial charge in [0.25, 0.3) is 0 Å². The first kappa shape index (κ1) is 14.6. The maximum atomic E-state index is 12.2. The Morgan fingerprint density at radius 3 is 2.60 bits per heavy atom. The Balaban J connectivity index is 2.19. The summed E-state index contributed by atoms with van der Waals surface area (Å²) in [5, 5.41) is 2.71. The average molecular weight is 278 g/mol. The summed E-state index contributed by atoms with van der Waals surface area (Å²) < 4.78 is 1.94. The van der Waals surface area contributed by atoms with Crippen molar-refractivity contribution in [2.45, 2.75) is 38.6 Å². The molecule has 20 heavy (non-hydrogen) atoms. The Kier molecular flexibility index (Phi) is 4.11. The number of carbonyl (C=O) groups excluding carboxylic acids is 2. The molecule has 6 nitrogen and oxygen atoms in total. The fraction of sp³-hybridized carbons (Fsp3) is 0.643. The molecule has 1 aliphatic heterocycles. The van der Waals surface area contributed by atoms with Gasteiger partial charge in [-0.25, -0.2) is 4.98 Å². The number of amides is 2. The molecule has 1 N–H and O–H groups in total. The van der Waals surface area contributed by atoms with Crippen LogP contribution in [0.4, 0.5) is 0 Å². The van der Waals surface area contributed by atoms with E-state index >= 15 is 0 Å². The van der Waals surface area contributed by atoms with Crippen LogP contribution in [0.1, 0.15) is 32.5 Å². The van der Waals surface area contributed by atoms with E-state index in [1.165, 1.54) is 0 Å². The lowest BCUT2D eigenvalue weighted by Gasteiger charge is -2.45. The number of nitrogens with zero attached hydrogens (tertiary/aromatic N) is 3. The molecular formula is C14H22N4O2. The van der Waals surface area contributed by atoms with Crippen molar-refractivity contribution in [3.63, 3.8) is 0 Å². The van der Waals surface area contributed by atoms with E-state index in [-0.39, 0.29) is 18.4 Å². The van der Waals surface area contributed by atoms with Crippen LogP contribution in [0.25, 0.3) is 0 Å². The fourth-order valence-corrected chi connectivity index (χ4v) is 2.92. The maximum absolute atomic E-state index is 12.2. The summed E-state index contributed by atoms with van der Waals surface area (Å²) >= 11 is 0. The molecule has 1 saturated heterocycles. The van der Waals surface area contributed by atoms with Crippen LogP contribution in [0, 0.1) is 0 Å². The second-order valence-electron chi connectivity index (χ2n) is 5.17. The largest absolute Gasteiger partial charge is 0.345 e. The van der Waals surface area contributed by atoms with Crippen LogP contribution in [0.15, 0.2) is 12.4 Å². The maximum Gasteiger partial charge on any atom is 0.246 e. The van der Waals surface area contributed by atoms with Gasteiger partial charge >= 0.3 is 0 Å². The molecular weight excluding hydrogens is 256 g/mol. The summed E-state index contributed by atoms with van der Waals surface area (Å²) in [6.45, 7) is 4.53. The molecule has 0 bridgehead atoms. The highest BCUT2D eigenvalue weighted by Crippen LogP contribution is 2.27. The van der Waals surface area contributed by atoms with Crippen LogP contribution < -0.4 is 5.32 Å². The second-order valence-corrected chi connectivity index (χ2v) is 5.17. The molecule has 0 saturated carbocycles. The monoisotopic (exact) mass is 278 g/mol. The molecule has 1 fully saturated rings. The first-order chi connectivity index (χ1) is 9.55. The number of aromatic nitrogens is 2. The number of carbonyl (C=O) groups is 2. The predicted octanol–water partition coefficient (Wildman–Crippen LogP) is 0.480. The molecule has 6 heteroatoms. The number of hydrogen-bond acceptors (Lipinski definition) is 3. The molecule has 0 atom stereocenters. The van der Waals surface area contributed by atoms with Crippen LogP contribution in [-0.4, -0.2) is 44.9 Å². The minimum atomic E-state index is -0.708. The third-order valence-corrected chi connectivity index (χ3v) is 4.29. The van der Waals surface area contributed by atoms with Crippen molar-refractivity contribution in [1.29, 1.82) is 0 Å². The Morgan fingerprint density at radius 2 is 2.05 bits per heavy atom. The Morgan fingerprint density at radius 1 is 1.35 bits per heavy atom. The molecule has 0 aliphatic carbocycles. The Labute approximate surface area is 119 Å². The standard InChI is InChI=1S/C14H22N4O2/c1-4-14(5-2)13(20)16-10-12(19)18(14)8-6-11-15-7-9-17(11)3/h7,9H,4-6,8,10H2,1-3H3,(H,16,20). The first-order valence-electron chi connectivity index (χ1n) is 7.10. The smallest absolute Gasteiger partial charge is 0.246 e. The van der Waals surface area contributed by atoms with Gasteiger partial charge < -0.3 is 14.8 Å². The quantitative estimate of drug-likeness (QED) is 0.852. The van der Waals surface area contributed by atoms with Gasteiger partial charge in [0.2, 0.25) is 11.8 Å². The van der Waals surface area contributed by atoms with E-state index in [2.05, 4.69) is 10.3 Å². The lowest BCUT2D eigenvalue weighted by Crippen LogP contribution is -2.67. The average Bonchev–Trinajstić information content (AvgIpc) is 2.85. The lowest BCUT2D eigenvalue weighted by molar-refractivity contribution is -0.154. The number of imidazole rings is 1. The van der Waals surface area contributed by atoms with Crippen LogP contribution in [0.2, 0.25) is 0 Å². The van der Waals surface area contributed by atoms with Crippen LogP contribution >= 0.6 is 0 Å². The third-order valence-electron chi connectivity index (χ3n) is 4.29.